The van der Waals surface area contributed by atoms with Gasteiger partial charge in [0, 0.05) is 25.0 Å². The highest BCUT2D eigenvalue weighted by atomic mass is 15.1. The molecule has 0 bridgehead atoms. The Labute approximate surface area is 97.9 Å². The van der Waals surface area contributed by atoms with Crippen molar-refractivity contribution >= 4 is 0 Å². The minimum absolute atomic E-state index is 0.425. The van der Waals surface area contributed by atoms with Crippen LogP contribution in [-0.2, 0) is 0 Å². The Morgan fingerprint density at radius 1 is 1.50 bits per heavy atom. The Morgan fingerprint density at radius 3 is 2.88 bits per heavy atom. The molecular formula is C13H21N3. The smallest absolute Gasteiger partial charge is 0.0293 e. The fourth-order valence-electron chi connectivity index (χ4n) is 2.31. The molecule has 0 spiro atoms. The zero-order chi connectivity index (χ0) is 11.4. The van der Waals surface area contributed by atoms with Crippen LogP contribution in [0.15, 0.2) is 24.5 Å². The summed E-state index contributed by atoms with van der Waals surface area (Å²) in [6.07, 6.45) is 5.04. The summed E-state index contributed by atoms with van der Waals surface area (Å²) in [5.74, 6) is 0.814. The van der Waals surface area contributed by atoms with Crippen molar-refractivity contribution in [3.8, 4) is 0 Å². The first-order valence-electron chi connectivity index (χ1n) is 6.07. The van der Waals surface area contributed by atoms with Crippen molar-refractivity contribution in [3.63, 3.8) is 0 Å². The van der Waals surface area contributed by atoms with Crippen LogP contribution in [0.4, 0.5) is 0 Å². The van der Waals surface area contributed by atoms with Crippen LogP contribution in [0.3, 0.4) is 0 Å². The van der Waals surface area contributed by atoms with Gasteiger partial charge in [-0.05, 0) is 57.1 Å². The third-order valence-corrected chi connectivity index (χ3v) is 3.41. The Bertz CT molecular complexity index is 312. The molecule has 1 N–H and O–H groups in total. The Morgan fingerprint density at radius 2 is 2.25 bits per heavy atom. The summed E-state index contributed by atoms with van der Waals surface area (Å²) in [5, 5.41) is 3.61. The standard InChI is InChI=1S/C13H21N3/c1-11(13-3-6-14-7-4-13)15-9-12-5-8-16(2)10-12/h3-4,6-7,11-12,15H,5,8-10H2,1-2H3. The molecule has 0 aliphatic carbocycles. The molecule has 1 saturated heterocycles. The fourth-order valence-corrected chi connectivity index (χ4v) is 2.31. The molecule has 2 atom stereocenters. The van der Waals surface area contributed by atoms with E-state index in [2.05, 4.69) is 41.3 Å². The molecule has 88 valence electrons. The maximum Gasteiger partial charge on any atom is 0.0293 e. The van der Waals surface area contributed by atoms with Crippen molar-refractivity contribution in [2.45, 2.75) is 19.4 Å². The molecule has 0 radical (unpaired) electrons. The van der Waals surface area contributed by atoms with Crippen LogP contribution in [0.1, 0.15) is 24.9 Å². The average molecular weight is 219 g/mol. The van der Waals surface area contributed by atoms with Crippen molar-refractivity contribution < 1.29 is 0 Å². The van der Waals surface area contributed by atoms with Gasteiger partial charge in [-0.1, -0.05) is 0 Å². The van der Waals surface area contributed by atoms with E-state index in [1.807, 2.05) is 12.4 Å². The normalized spacial score (nSPS) is 23.5. The summed E-state index contributed by atoms with van der Waals surface area (Å²) in [5.41, 5.74) is 1.32. The summed E-state index contributed by atoms with van der Waals surface area (Å²) < 4.78 is 0. The summed E-state index contributed by atoms with van der Waals surface area (Å²) >= 11 is 0. The van der Waals surface area contributed by atoms with Crippen molar-refractivity contribution in [3.05, 3.63) is 30.1 Å². The molecule has 0 amide bonds. The van der Waals surface area contributed by atoms with Gasteiger partial charge in [0.15, 0.2) is 0 Å². The van der Waals surface area contributed by atoms with E-state index >= 15 is 0 Å². The van der Waals surface area contributed by atoms with E-state index in [4.69, 9.17) is 0 Å². The second-order valence-electron chi connectivity index (χ2n) is 4.83. The molecule has 1 aromatic rings. The van der Waals surface area contributed by atoms with Crippen LogP contribution in [0.25, 0.3) is 0 Å². The lowest BCUT2D eigenvalue weighted by atomic mass is 10.1. The van der Waals surface area contributed by atoms with Gasteiger partial charge in [0.1, 0.15) is 0 Å². The zero-order valence-corrected chi connectivity index (χ0v) is 10.2. The van der Waals surface area contributed by atoms with Crippen LogP contribution in [0.5, 0.6) is 0 Å². The molecule has 3 heteroatoms. The molecule has 1 aliphatic heterocycles. The van der Waals surface area contributed by atoms with Crippen LogP contribution in [-0.4, -0.2) is 36.6 Å². The van der Waals surface area contributed by atoms with Crippen LogP contribution < -0.4 is 5.32 Å². The van der Waals surface area contributed by atoms with Gasteiger partial charge >= 0.3 is 0 Å². The molecule has 16 heavy (non-hydrogen) atoms. The quantitative estimate of drug-likeness (QED) is 0.835. The highest BCUT2D eigenvalue weighted by molar-refractivity contribution is 5.13. The lowest BCUT2D eigenvalue weighted by molar-refractivity contribution is 0.382. The van der Waals surface area contributed by atoms with E-state index < -0.39 is 0 Å². The molecule has 2 heterocycles. The number of aromatic nitrogens is 1. The first-order valence-corrected chi connectivity index (χ1v) is 6.07. The van der Waals surface area contributed by atoms with E-state index in [9.17, 15) is 0 Å². The second kappa shape index (κ2) is 5.41. The number of rotatable bonds is 4. The van der Waals surface area contributed by atoms with E-state index in [0.717, 1.165) is 12.5 Å². The van der Waals surface area contributed by atoms with Crippen molar-refractivity contribution in [2.75, 3.05) is 26.7 Å². The molecule has 1 aliphatic rings. The fraction of sp³-hybridized carbons (Fsp3) is 0.615. The maximum atomic E-state index is 4.04. The first kappa shape index (κ1) is 11.6. The van der Waals surface area contributed by atoms with Gasteiger partial charge in [0.25, 0.3) is 0 Å². The number of hydrogen-bond donors (Lipinski definition) is 1. The monoisotopic (exact) mass is 219 g/mol. The number of likely N-dealkylation sites (tertiary alicyclic amines) is 1. The van der Waals surface area contributed by atoms with Crippen molar-refractivity contribution in [2.24, 2.45) is 5.92 Å². The van der Waals surface area contributed by atoms with Gasteiger partial charge in [0.05, 0.1) is 0 Å². The van der Waals surface area contributed by atoms with Gasteiger partial charge in [-0.15, -0.1) is 0 Å². The predicted octanol–water partition coefficient (Wildman–Crippen LogP) is 1.68. The largest absolute Gasteiger partial charge is 0.310 e. The summed E-state index contributed by atoms with van der Waals surface area (Å²) in [6, 6.07) is 4.59. The predicted molar refractivity (Wildman–Crippen MR) is 66.3 cm³/mol. The molecule has 0 aromatic carbocycles. The van der Waals surface area contributed by atoms with Gasteiger partial charge in [-0.25, -0.2) is 0 Å². The zero-order valence-electron chi connectivity index (χ0n) is 10.2. The molecule has 1 aromatic heterocycles. The second-order valence-corrected chi connectivity index (χ2v) is 4.83. The maximum absolute atomic E-state index is 4.04. The van der Waals surface area contributed by atoms with Gasteiger partial charge in [0.2, 0.25) is 0 Å². The minimum atomic E-state index is 0.425. The number of pyridine rings is 1. The molecule has 1 fully saturated rings. The van der Waals surface area contributed by atoms with Crippen molar-refractivity contribution in [1.29, 1.82) is 0 Å². The third kappa shape index (κ3) is 3.03. The summed E-state index contributed by atoms with van der Waals surface area (Å²) in [4.78, 5) is 6.45. The third-order valence-electron chi connectivity index (χ3n) is 3.41. The number of nitrogens with one attached hydrogen (secondary N) is 1. The molecule has 3 nitrogen and oxygen atoms in total. The van der Waals surface area contributed by atoms with Crippen LogP contribution in [0, 0.1) is 5.92 Å². The van der Waals surface area contributed by atoms with Crippen LogP contribution in [0.2, 0.25) is 0 Å². The molecule has 2 rings (SSSR count). The summed E-state index contributed by atoms with van der Waals surface area (Å²) in [7, 11) is 2.20. The van der Waals surface area contributed by atoms with E-state index in [1.165, 1.54) is 25.1 Å². The minimum Gasteiger partial charge on any atom is -0.310 e. The van der Waals surface area contributed by atoms with Crippen LogP contribution >= 0.6 is 0 Å². The SMILES string of the molecule is CC(NCC1CCN(C)C1)c1ccncc1. The average Bonchev–Trinajstić information content (AvgIpc) is 2.73. The number of hydrogen-bond acceptors (Lipinski definition) is 3. The Balaban J connectivity index is 1.78. The lowest BCUT2D eigenvalue weighted by Gasteiger charge is -2.17. The van der Waals surface area contributed by atoms with E-state index in [-0.39, 0.29) is 0 Å². The first-order chi connectivity index (χ1) is 7.75. The molecular weight excluding hydrogens is 198 g/mol. The van der Waals surface area contributed by atoms with E-state index in [0.29, 0.717) is 6.04 Å². The Hall–Kier alpha value is -0.930. The Kier molecular flexibility index (Phi) is 3.91. The topological polar surface area (TPSA) is 28.2 Å². The highest BCUT2D eigenvalue weighted by Crippen LogP contribution is 2.15. The van der Waals surface area contributed by atoms with Gasteiger partial charge in [-0.2, -0.15) is 0 Å². The number of nitrogens with zero attached hydrogens (tertiary/aromatic N) is 2. The van der Waals surface area contributed by atoms with E-state index in [1.54, 1.807) is 0 Å². The van der Waals surface area contributed by atoms with Gasteiger partial charge < -0.3 is 10.2 Å². The lowest BCUT2D eigenvalue weighted by Crippen LogP contribution is -2.27. The summed E-state index contributed by atoms with van der Waals surface area (Å²) in [6.45, 7) is 5.81. The highest BCUT2D eigenvalue weighted by Gasteiger charge is 2.19. The molecule has 2 unspecified atom stereocenters. The van der Waals surface area contributed by atoms with Gasteiger partial charge in [-0.3, -0.25) is 4.98 Å². The molecule has 0 saturated carbocycles. The van der Waals surface area contributed by atoms with Crippen molar-refractivity contribution in [1.82, 2.24) is 15.2 Å².